The number of para-hydroxylation sites is 1. The quantitative estimate of drug-likeness (QED) is 0.256. The van der Waals surface area contributed by atoms with Gasteiger partial charge in [0.25, 0.3) is 0 Å². The highest BCUT2D eigenvalue weighted by molar-refractivity contribution is 7.91. The summed E-state index contributed by atoms with van der Waals surface area (Å²) in [7, 11) is -4.46. The predicted molar refractivity (Wildman–Crippen MR) is 109 cm³/mol. The molecular weight excluding hydrogens is 458 g/mol. The van der Waals surface area contributed by atoms with Crippen LogP contribution in [0.1, 0.15) is 0 Å². The summed E-state index contributed by atoms with van der Waals surface area (Å²) in [6, 6.07) is 12.4. The van der Waals surface area contributed by atoms with Gasteiger partial charge in [-0.1, -0.05) is 47.5 Å². The second-order valence-electron chi connectivity index (χ2n) is 6.33. The molecule has 0 aliphatic carbocycles. The fourth-order valence-electron chi connectivity index (χ4n) is 3.12. The summed E-state index contributed by atoms with van der Waals surface area (Å²) >= 11 is 12.2. The van der Waals surface area contributed by atoms with Gasteiger partial charge in [-0.15, -0.1) is 0 Å². The maximum atomic E-state index is 14.4. The molecule has 0 bridgehead atoms. The number of aromatic nitrogens is 1. The van der Waals surface area contributed by atoms with Crippen LogP contribution < -0.4 is 0 Å². The summed E-state index contributed by atoms with van der Waals surface area (Å²) in [5.41, 5.74) is 0.322. The fraction of sp³-hybridized carbons (Fsp3) is 0. The van der Waals surface area contributed by atoms with E-state index in [1.807, 2.05) is 0 Å². The Morgan fingerprint density at radius 2 is 1.50 bits per heavy atom. The number of fused-ring (bicyclic) bond motifs is 1. The van der Waals surface area contributed by atoms with Gasteiger partial charge in [0, 0.05) is 16.0 Å². The third kappa shape index (κ3) is 3.43. The monoisotopic (exact) mass is 467 g/mol. The molecule has 3 nitrogen and oxygen atoms in total. The highest BCUT2D eigenvalue weighted by Gasteiger charge is 2.29. The molecule has 0 atom stereocenters. The van der Waals surface area contributed by atoms with E-state index in [1.54, 1.807) is 12.1 Å². The molecule has 9 heteroatoms. The first kappa shape index (κ1) is 20.7. The standard InChI is InChI=1S/C21H10Cl2F3NO2S/c22-12-6-4-11(5-7-12)18-14-2-1-3-16(25)19(14)27-21(23)20(18)30(28,29)13-8-9-15(24)17(26)10-13/h1-10H. The van der Waals surface area contributed by atoms with E-state index in [2.05, 4.69) is 4.98 Å². The van der Waals surface area contributed by atoms with Crippen LogP contribution >= 0.6 is 23.2 Å². The van der Waals surface area contributed by atoms with Crippen molar-refractivity contribution in [2.24, 2.45) is 0 Å². The van der Waals surface area contributed by atoms with Gasteiger partial charge in [0.05, 0.1) is 4.90 Å². The van der Waals surface area contributed by atoms with Crippen molar-refractivity contribution in [2.45, 2.75) is 9.79 Å². The molecule has 4 rings (SSSR count). The van der Waals surface area contributed by atoms with Crippen LogP contribution in [0.2, 0.25) is 10.2 Å². The number of hydrogen-bond donors (Lipinski definition) is 0. The van der Waals surface area contributed by atoms with Crippen molar-refractivity contribution in [2.75, 3.05) is 0 Å². The molecule has 0 N–H and O–H groups in total. The van der Waals surface area contributed by atoms with Crippen molar-refractivity contribution >= 4 is 43.9 Å². The molecule has 0 saturated carbocycles. The lowest BCUT2D eigenvalue weighted by Gasteiger charge is -2.16. The average molecular weight is 468 g/mol. The number of nitrogens with zero attached hydrogens (tertiary/aromatic N) is 1. The van der Waals surface area contributed by atoms with Crippen LogP contribution in [0.5, 0.6) is 0 Å². The maximum Gasteiger partial charge on any atom is 0.210 e. The fourth-order valence-corrected chi connectivity index (χ4v) is 5.23. The minimum absolute atomic E-state index is 0.0749. The molecule has 0 radical (unpaired) electrons. The smallest absolute Gasteiger partial charge is 0.210 e. The second-order valence-corrected chi connectivity index (χ2v) is 9.01. The van der Waals surface area contributed by atoms with Crippen molar-refractivity contribution in [1.82, 2.24) is 4.98 Å². The Morgan fingerprint density at radius 1 is 0.800 bits per heavy atom. The van der Waals surface area contributed by atoms with Crippen LogP contribution in [0, 0.1) is 17.5 Å². The van der Waals surface area contributed by atoms with Crippen LogP contribution in [0.15, 0.2) is 70.5 Å². The Labute approximate surface area is 179 Å². The molecule has 30 heavy (non-hydrogen) atoms. The van der Waals surface area contributed by atoms with Crippen LogP contribution in [0.3, 0.4) is 0 Å². The van der Waals surface area contributed by atoms with E-state index in [4.69, 9.17) is 23.2 Å². The third-order valence-electron chi connectivity index (χ3n) is 4.48. The van der Waals surface area contributed by atoms with Crippen molar-refractivity contribution in [3.8, 4) is 11.1 Å². The van der Waals surface area contributed by atoms with E-state index in [1.165, 1.54) is 30.3 Å². The summed E-state index contributed by atoms with van der Waals surface area (Å²) in [5, 5.41) is 0.0876. The van der Waals surface area contributed by atoms with Crippen LogP contribution in [0.4, 0.5) is 13.2 Å². The van der Waals surface area contributed by atoms with E-state index >= 15 is 0 Å². The Balaban J connectivity index is 2.14. The second kappa shape index (κ2) is 7.58. The first-order valence-corrected chi connectivity index (χ1v) is 10.7. The Bertz CT molecular complexity index is 1410. The van der Waals surface area contributed by atoms with Crippen LogP contribution in [-0.4, -0.2) is 13.4 Å². The number of hydrogen-bond acceptors (Lipinski definition) is 3. The van der Waals surface area contributed by atoms with E-state index in [0.717, 1.165) is 6.07 Å². The highest BCUT2D eigenvalue weighted by atomic mass is 35.5. The normalized spacial score (nSPS) is 11.8. The molecule has 4 aromatic rings. The van der Waals surface area contributed by atoms with E-state index < -0.39 is 42.2 Å². The molecule has 3 aromatic carbocycles. The Kier molecular flexibility index (Phi) is 5.22. The van der Waals surface area contributed by atoms with E-state index in [0.29, 0.717) is 22.7 Å². The summed E-state index contributed by atoms with van der Waals surface area (Å²) in [5.74, 6) is -3.22. The van der Waals surface area contributed by atoms with Crippen molar-refractivity contribution in [3.05, 3.63) is 88.3 Å². The predicted octanol–water partition coefficient (Wildman–Crippen LogP) is 6.46. The molecule has 1 aromatic heterocycles. The zero-order chi connectivity index (χ0) is 21.6. The van der Waals surface area contributed by atoms with Gasteiger partial charge < -0.3 is 0 Å². The number of sulfone groups is 1. The average Bonchev–Trinajstić information content (AvgIpc) is 2.70. The van der Waals surface area contributed by atoms with Gasteiger partial charge in [0.1, 0.15) is 21.4 Å². The Hall–Kier alpha value is -2.61. The molecular formula is C21H10Cl2F3NO2S. The van der Waals surface area contributed by atoms with E-state index in [-0.39, 0.29) is 16.5 Å². The van der Waals surface area contributed by atoms with Crippen LogP contribution in [-0.2, 0) is 9.84 Å². The summed E-state index contributed by atoms with van der Waals surface area (Å²) in [6.45, 7) is 0. The minimum atomic E-state index is -4.46. The maximum absolute atomic E-state index is 14.4. The summed E-state index contributed by atoms with van der Waals surface area (Å²) < 4.78 is 68.2. The molecule has 0 aliphatic heterocycles. The van der Waals surface area contributed by atoms with Gasteiger partial charge in [-0.3, -0.25) is 0 Å². The summed E-state index contributed by atoms with van der Waals surface area (Å²) in [4.78, 5) is 2.96. The molecule has 0 aliphatic rings. The largest absolute Gasteiger partial charge is 0.232 e. The lowest BCUT2D eigenvalue weighted by atomic mass is 10.0. The number of benzene rings is 3. The molecule has 1 heterocycles. The molecule has 0 saturated heterocycles. The van der Waals surface area contributed by atoms with Crippen molar-refractivity contribution in [3.63, 3.8) is 0 Å². The molecule has 0 fully saturated rings. The highest BCUT2D eigenvalue weighted by Crippen LogP contribution is 2.41. The molecule has 0 amide bonds. The lowest BCUT2D eigenvalue weighted by Crippen LogP contribution is -2.08. The van der Waals surface area contributed by atoms with Gasteiger partial charge in [0.2, 0.25) is 9.84 Å². The number of rotatable bonds is 3. The Morgan fingerprint density at radius 3 is 2.17 bits per heavy atom. The van der Waals surface area contributed by atoms with E-state index in [9.17, 15) is 21.6 Å². The van der Waals surface area contributed by atoms with Gasteiger partial charge in [-0.25, -0.2) is 26.6 Å². The lowest BCUT2D eigenvalue weighted by molar-refractivity contribution is 0.504. The van der Waals surface area contributed by atoms with Gasteiger partial charge in [0.15, 0.2) is 11.6 Å². The van der Waals surface area contributed by atoms with Gasteiger partial charge >= 0.3 is 0 Å². The zero-order valence-electron chi connectivity index (χ0n) is 14.8. The minimum Gasteiger partial charge on any atom is -0.232 e. The topological polar surface area (TPSA) is 47.0 Å². The zero-order valence-corrected chi connectivity index (χ0v) is 17.2. The molecule has 0 spiro atoms. The first-order chi connectivity index (χ1) is 14.2. The van der Waals surface area contributed by atoms with Crippen molar-refractivity contribution < 1.29 is 21.6 Å². The number of halogens is 5. The van der Waals surface area contributed by atoms with Crippen LogP contribution in [0.25, 0.3) is 22.0 Å². The van der Waals surface area contributed by atoms with Crippen molar-refractivity contribution in [1.29, 1.82) is 0 Å². The number of pyridine rings is 1. The first-order valence-electron chi connectivity index (χ1n) is 8.44. The SMILES string of the molecule is O=S(=O)(c1ccc(F)c(F)c1)c1c(Cl)nc2c(F)cccc2c1-c1ccc(Cl)cc1. The molecule has 152 valence electrons. The van der Waals surface area contributed by atoms with Gasteiger partial charge in [-0.2, -0.15) is 0 Å². The molecule has 0 unspecified atom stereocenters. The third-order valence-corrected chi connectivity index (χ3v) is 6.93. The summed E-state index contributed by atoms with van der Waals surface area (Å²) in [6.07, 6.45) is 0. The van der Waals surface area contributed by atoms with Gasteiger partial charge in [-0.05, 0) is 42.0 Å².